The summed E-state index contributed by atoms with van der Waals surface area (Å²) in [6.07, 6.45) is 0. The van der Waals surface area contributed by atoms with Gasteiger partial charge in [0.1, 0.15) is 23.7 Å². The number of carbonyl (C=O) groups is 4. The van der Waals surface area contributed by atoms with Gasteiger partial charge in [-0.05, 0) is 21.6 Å². The lowest BCUT2D eigenvalue weighted by Crippen LogP contribution is -2.81. The molecule has 0 radical (unpaired) electrons. The molecule has 36 heavy (non-hydrogen) atoms. The second-order valence-corrected chi connectivity index (χ2v) is 9.73. The molecule has 0 spiro atoms. The molecule has 14 nitrogen and oxygen atoms in total. The number of fused-ring (bicyclic) bond motifs is 1. The fourth-order valence-corrected chi connectivity index (χ4v) is 6.26. The molecule has 3 atom stereocenters. The van der Waals surface area contributed by atoms with E-state index in [0.29, 0.717) is 11.1 Å². The second-order valence-electron chi connectivity index (χ2n) is 7.71. The summed E-state index contributed by atoms with van der Waals surface area (Å²) in [6.45, 7) is -0.456. The number of carboxylic acids is 2. The minimum atomic E-state index is -1.78. The molecule has 16 heteroatoms. The van der Waals surface area contributed by atoms with E-state index in [4.69, 9.17) is 15.6 Å². The van der Waals surface area contributed by atoms with E-state index in [2.05, 4.69) is 20.8 Å². The number of rotatable bonds is 10. The molecular weight excluding hydrogens is 514 g/mol. The van der Waals surface area contributed by atoms with Gasteiger partial charge in [0.25, 0.3) is 11.6 Å². The second kappa shape index (κ2) is 10.3. The summed E-state index contributed by atoms with van der Waals surface area (Å²) in [7, 11) is 1.25. The van der Waals surface area contributed by atoms with Crippen LogP contribution in [0.3, 0.4) is 0 Å². The molecule has 2 aromatic rings. The zero-order valence-corrected chi connectivity index (χ0v) is 20.4. The quantitative estimate of drug-likeness (QED) is 0.168. The molecule has 0 bridgehead atoms. The van der Waals surface area contributed by atoms with E-state index in [9.17, 15) is 24.3 Å². The van der Waals surface area contributed by atoms with Crippen molar-refractivity contribution in [3.63, 3.8) is 0 Å². The van der Waals surface area contributed by atoms with Crippen LogP contribution in [0.1, 0.15) is 11.6 Å². The standard InChI is InChI=1S/C20H21N7O7S2/c1-34-20(22-15(30)13(21)10-5-3-2-4-6-10)17(33)27-14(16(31)32)11(8-35-18(20)27)9-36-19-23-24-25-26(19)7-12(28)29/h2-6,13,18H,7-9,21H2,1H3,(H,22,30)(H,28,29)(H,31,32)/t13?,18-,20-/m0/s1. The number of nitrogens with two attached hydrogens (primary N) is 1. The number of aliphatic carboxylic acids is 2. The molecular formula is C20H21N7O7S2. The third kappa shape index (κ3) is 4.55. The van der Waals surface area contributed by atoms with Gasteiger partial charge in [0.2, 0.25) is 11.1 Å². The number of thioether (sulfide) groups is 2. The Bertz CT molecular complexity index is 1240. The van der Waals surface area contributed by atoms with E-state index in [0.717, 1.165) is 21.3 Å². The van der Waals surface area contributed by atoms with Crippen molar-refractivity contribution in [1.82, 2.24) is 30.4 Å². The maximum Gasteiger partial charge on any atom is 0.352 e. The molecule has 0 saturated carbocycles. The molecule has 2 amide bonds. The topological polar surface area (TPSA) is 203 Å². The number of β-lactam (4-membered cyclic amide) rings is 1. The number of carbonyl (C=O) groups excluding carboxylic acids is 2. The smallest absolute Gasteiger partial charge is 0.352 e. The summed E-state index contributed by atoms with van der Waals surface area (Å²) >= 11 is 2.26. The van der Waals surface area contributed by atoms with E-state index >= 15 is 0 Å². The highest BCUT2D eigenvalue weighted by molar-refractivity contribution is 8.01. The molecule has 5 N–H and O–H groups in total. The third-order valence-corrected chi connectivity index (χ3v) is 7.96. The number of tetrazole rings is 1. The maximum absolute atomic E-state index is 13.2. The summed E-state index contributed by atoms with van der Waals surface area (Å²) in [4.78, 5) is 50.3. The Kier molecular flexibility index (Phi) is 7.30. The van der Waals surface area contributed by atoms with Crippen molar-refractivity contribution in [3.8, 4) is 0 Å². The van der Waals surface area contributed by atoms with Crippen molar-refractivity contribution < 1.29 is 34.1 Å². The van der Waals surface area contributed by atoms with Gasteiger partial charge in [0, 0.05) is 18.6 Å². The van der Waals surface area contributed by atoms with E-state index < -0.39 is 47.4 Å². The molecule has 4 rings (SSSR count). The number of hydrogen-bond acceptors (Lipinski definition) is 11. The molecule has 1 saturated heterocycles. The largest absolute Gasteiger partial charge is 0.480 e. The Morgan fingerprint density at radius 3 is 2.69 bits per heavy atom. The normalized spacial score (nSPS) is 22.0. The SMILES string of the molecule is CO[C@@]1(NC(=O)C(N)c2ccccc2)C(=O)N2C(C(=O)O)=C(CSc3nnnn3CC(=O)O)CS[C@H]21. The number of amides is 2. The van der Waals surface area contributed by atoms with Gasteiger partial charge in [0.15, 0.2) is 0 Å². The summed E-state index contributed by atoms with van der Waals surface area (Å²) < 4.78 is 6.51. The Labute approximate surface area is 212 Å². The van der Waals surface area contributed by atoms with Crippen LogP contribution in [0.2, 0.25) is 0 Å². The predicted octanol–water partition coefficient (Wildman–Crippen LogP) is -0.737. The lowest BCUT2D eigenvalue weighted by molar-refractivity contribution is -0.192. The first-order chi connectivity index (χ1) is 17.2. The van der Waals surface area contributed by atoms with Crippen LogP contribution in [0.15, 0.2) is 46.8 Å². The van der Waals surface area contributed by atoms with Crippen LogP contribution in [-0.2, 0) is 30.5 Å². The van der Waals surface area contributed by atoms with Gasteiger partial charge in [-0.1, -0.05) is 42.1 Å². The average molecular weight is 536 g/mol. The Balaban J connectivity index is 1.53. The van der Waals surface area contributed by atoms with Gasteiger partial charge in [-0.15, -0.1) is 16.9 Å². The van der Waals surface area contributed by atoms with Gasteiger partial charge < -0.3 is 26.0 Å². The molecule has 1 unspecified atom stereocenters. The monoisotopic (exact) mass is 535 g/mol. The van der Waals surface area contributed by atoms with E-state index in [1.54, 1.807) is 30.3 Å². The maximum atomic E-state index is 13.2. The molecule has 2 aliphatic heterocycles. The highest BCUT2D eigenvalue weighted by atomic mass is 32.2. The lowest BCUT2D eigenvalue weighted by atomic mass is 9.97. The molecule has 1 aromatic heterocycles. The first-order valence-corrected chi connectivity index (χ1v) is 12.4. The molecule has 3 heterocycles. The van der Waals surface area contributed by atoms with Crippen molar-refractivity contribution in [1.29, 1.82) is 0 Å². The average Bonchev–Trinajstić information content (AvgIpc) is 3.30. The molecule has 190 valence electrons. The van der Waals surface area contributed by atoms with Crippen LogP contribution >= 0.6 is 23.5 Å². The summed E-state index contributed by atoms with van der Waals surface area (Å²) in [5.74, 6) is -3.56. The molecule has 1 aromatic carbocycles. The number of nitrogens with one attached hydrogen (secondary N) is 1. The Morgan fingerprint density at radius 1 is 1.33 bits per heavy atom. The van der Waals surface area contributed by atoms with Crippen LogP contribution in [0, 0.1) is 0 Å². The number of hydrogen-bond donors (Lipinski definition) is 4. The zero-order chi connectivity index (χ0) is 26.0. The summed E-state index contributed by atoms with van der Waals surface area (Å²) in [6, 6.07) is 7.52. The molecule has 1 fully saturated rings. The van der Waals surface area contributed by atoms with Gasteiger partial charge in [0.05, 0.1) is 0 Å². The van der Waals surface area contributed by atoms with E-state index in [1.165, 1.54) is 18.9 Å². The highest BCUT2D eigenvalue weighted by Crippen LogP contribution is 2.47. The predicted molar refractivity (Wildman–Crippen MR) is 125 cm³/mol. The van der Waals surface area contributed by atoms with Crippen molar-refractivity contribution in [2.75, 3.05) is 18.6 Å². The number of benzene rings is 1. The van der Waals surface area contributed by atoms with Crippen LogP contribution in [-0.4, -0.2) is 88.8 Å². The highest BCUT2D eigenvalue weighted by Gasteiger charge is 2.66. The first kappa shape index (κ1) is 25.6. The van der Waals surface area contributed by atoms with Crippen molar-refractivity contribution >= 4 is 47.3 Å². The number of methoxy groups -OCH3 is 1. The molecule has 0 aliphatic carbocycles. The van der Waals surface area contributed by atoms with Gasteiger partial charge >= 0.3 is 11.9 Å². The number of aromatic nitrogens is 4. The first-order valence-electron chi connectivity index (χ1n) is 10.4. The Morgan fingerprint density at radius 2 is 2.06 bits per heavy atom. The van der Waals surface area contributed by atoms with Gasteiger partial charge in [-0.3, -0.25) is 19.3 Å². The minimum absolute atomic E-state index is 0.0936. The van der Waals surface area contributed by atoms with Gasteiger partial charge in [-0.2, -0.15) is 0 Å². The lowest BCUT2D eigenvalue weighted by Gasteiger charge is -2.56. The number of nitrogens with zero attached hydrogens (tertiary/aromatic N) is 5. The minimum Gasteiger partial charge on any atom is -0.480 e. The van der Waals surface area contributed by atoms with E-state index in [-0.39, 0.29) is 22.4 Å². The summed E-state index contributed by atoms with van der Waals surface area (Å²) in [5.41, 5.74) is 4.99. The third-order valence-electron chi connectivity index (χ3n) is 5.54. The number of carboxylic acid groups (broad SMARTS) is 2. The Hall–Kier alpha value is -3.47. The van der Waals surface area contributed by atoms with E-state index in [1.807, 2.05) is 0 Å². The van der Waals surface area contributed by atoms with Crippen molar-refractivity contribution in [3.05, 3.63) is 47.2 Å². The zero-order valence-electron chi connectivity index (χ0n) is 18.7. The van der Waals surface area contributed by atoms with Crippen LogP contribution < -0.4 is 11.1 Å². The van der Waals surface area contributed by atoms with Crippen molar-refractivity contribution in [2.45, 2.75) is 28.8 Å². The van der Waals surface area contributed by atoms with Gasteiger partial charge in [-0.25, -0.2) is 9.48 Å². The van der Waals surface area contributed by atoms with Crippen LogP contribution in [0.4, 0.5) is 0 Å². The van der Waals surface area contributed by atoms with Crippen LogP contribution in [0.5, 0.6) is 0 Å². The van der Waals surface area contributed by atoms with Crippen LogP contribution in [0.25, 0.3) is 0 Å². The fourth-order valence-electron chi connectivity index (χ4n) is 3.81. The summed E-state index contributed by atoms with van der Waals surface area (Å²) in [5, 5.41) is 31.6. The molecule has 2 aliphatic rings. The van der Waals surface area contributed by atoms with Crippen molar-refractivity contribution in [2.24, 2.45) is 5.73 Å². The number of ether oxygens (including phenoxy) is 1. The fraction of sp³-hybridized carbons (Fsp3) is 0.350.